The van der Waals surface area contributed by atoms with Gasteiger partial charge in [-0.1, -0.05) is 29.3 Å². The largest absolute Gasteiger partial charge is 0.335 e. The lowest BCUT2D eigenvalue weighted by molar-refractivity contribution is -0.144. The summed E-state index contributed by atoms with van der Waals surface area (Å²) in [6.45, 7) is 1.27. The van der Waals surface area contributed by atoms with Gasteiger partial charge in [0.2, 0.25) is 5.91 Å². The van der Waals surface area contributed by atoms with E-state index < -0.39 is 11.2 Å². The summed E-state index contributed by atoms with van der Waals surface area (Å²) in [5, 5.41) is 4.85. The van der Waals surface area contributed by atoms with Gasteiger partial charge >= 0.3 is 0 Å². The van der Waals surface area contributed by atoms with Gasteiger partial charge in [-0.05, 0) is 19.1 Å². The topological polar surface area (TPSA) is 72.5 Å². The molecular formula is C17H14Cl2FN5O2. The number of amides is 1. The molecule has 0 atom stereocenters. The Hall–Kier alpha value is -2.45. The average Bonchev–Trinajstić information content (AvgIpc) is 3.02. The summed E-state index contributed by atoms with van der Waals surface area (Å²) in [6.07, 6.45) is 2.67. The quantitative estimate of drug-likeness (QED) is 0.665. The molecule has 0 aliphatic carbocycles. The summed E-state index contributed by atoms with van der Waals surface area (Å²) in [6, 6.07) is 4.91. The summed E-state index contributed by atoms with van der Waals surface area (Å²) < 4.78 is 16.1. The van der Waals surface area contributed by atoms with Crippen molar-refractivity contribution in [3.63, 3.8) is 0 Å². The fourth-order valence-corrected chi connectivity index (χ4v) is 3.37. The maximum Gasteiger partial charge on any atom is 0.280 e. The molecule has 140 valence electrons. The van der Waals surface area contributed by atoms with Crippen molar-refractivity contribution in [2.24, 2.45) is 0 Å². The highest BCUT2D eigenvalue weighted by Gasteiger charge is 2.41. The van der Waals surface area contributed by atoms with Crippen molar-refractivity contribution in [2.75, 3.05) is 13.1 Å². The van der Waals surface area contributed by atoms with E-state index in [2.05, 4.69) is 10.1 Å². The molecule has 1 aliphatic rings. The summed E-state index contributed by atoms with van der Waals surface area (Å²) in [4.78, 5) is 30.8. The first kappa shape index (κ1) is 17.9. The normalized spacial score (nSPS) is 15.8. The second-order valence-corrected chi connectivity index (χ2v) is 7.56. The molecule has 0 saturated carbocycles. The molecule has 1 amide bonds. The lowest BCUT2D eigenvalue weighted by Crippen LogP contribution is -2.60. The minimum absolute atomic E-state index is 0.0253. The van der Waals surface area contributed by atoms with Gasteiger partial charge < -0.3 is 4.90 Å². The van der Waals surface area contributed by atoms with Crippen LogP contribution < -0.4 is 5.56 Å². The number of imidazole rings is 1. The van der Waals surface area contributed by atoms with Crippen LogP contribution in [-0.2, 0) is 11.3 Å². The average molecular weight is 410 g/mol. The lowest BCUT2D eigenvalue weighted by Gasteiger charge is -2.42. The van der Waals surface area contributed by atoms with Gasteiger partial charge in [-0.15, -0.1) is 0 Å². The van der Waals surface area contributed by atoms with Crippen LogP contribution in [0.5, 0.6) is 0 Å². The molecule has 1 aromatic carbocycles. The van der Waals surface area contributed by atoms with Crippen LogP contribution in [0.25, 0.3) is 16.8 Å². The SMILES string of the molecule is CC1(F)CN(C(=O)Cn2cnn3cnc(-c4ccc(Cl)c(Cl)c4)c3c2=O)C1. The fourth-order valence-electron chi connectivity index (χ4n) is 3.07. The summed E-state index contributed by atoms with van der Waals surface area (Å²) >= 11 is 12.0. The van der Waals surface area contributed by atoms with Gasteiger partial charge in [0.05, 0.1) is 23.1 Å². The fraction of sp³-hybridized carbons (Fsp3) is 0.294. The second-order valence-electron chi connectivity index (χ2n) is 6.74. The Labute approximate surface area is 162 Å². The monoisotopic (exact) mass is 409 g/mol. The van der Waals surface area contributed by atoms with Crippen LogP contribution in [0.2, 0.25) is 10.0 Å². The predicted octanol–water partition coefficient (Wildman–Crippen LogP) is 2.44. The molecule has 0 bridgehead atoms. The number of hydrogen-bond donors (Lipinski definition) is 0. The number of aromatic nitrogens is 4. The van der Waals surface area contributed by atoms with Crippen LogP contribution >= 0.6 is 23.2 Å². The molecule has 0 spiro atoms. The van der Waals surface area contributed by atoms with E-state index in [0.717, 1.165) is 0 Å². The van der Waals surface area contributed by atoms with Gasteiger partial charge in [0.1, 0.15) is 30.6 Å². The third-order valence-corrected chi connectivity index (χ3v) is 5.16. The molecule has 3 heterocycles. The van der Waals surface area contributed by atoms with Crippen molar-refractivity contribution in [1.82, 2.24) is 24.1 Å². The first-order valence-electron chi connectivity index (χ1n) is 8.10. The zero-order valence-electron chi connectivity index (χ0n) is 14.2. The number of rotatable bonds is 3. The van der Waals surface area contributed by atoms with E-state index in [1.54, 1.807) is 18.2 Å². The number of carbonyl (C=O) groups is 1. The molecule has 2 aromatic heterocycles. The van der Waals surface area contributed by atoms with E-state index in [1.807, 2.05) is 0 Å². The number of benzene rings is 1. The van der Waals surface area contributed by atoms with Crippen LogP contribution in [0, 0.1) is 0 Å². The first-order valence-corrected chi connectivity index (χ1v) is 8.86. The first-order chi connectivity index (χ1) is 12.7. The van der Waals surface area contributed by atoms with Crippen molar-refractivity contribution < 1.29 is 9.18 Å². The van der Waals surface area contributed by atoms with Gasteiger partial charge in [-0.2, -0.15) is 5.10 Å². The predicted molar refractivity (Wildman–Crippen MR) is 98.8 cm³/mol. The summed E-state index contributed by atoms with van der Waals surface area (Å²) in [5.41, 5.74) is -0.600. The number of hydrogen-bond acceptors (Lipinski definition) is 4. The van der Waals surface area contributed by atoms with Gasteiger partial charge in [0.25, 0.3) is 5.56 Å². The van der Waals surface area contributed by atoms with Crippen LogP contribution in [-0.4, -0.2) is 48.7 Å². The number of fused-ring (bicyclic) bond motifs is 1. The second kappa shape index (κ2) is 6.31. The number of carbonyl (C=O) groups excluding carboxylic acids is 1. The van der Waals surface area contributed by atoms with Gasteiger partial charge in [-0.3, -0.25) is 14.2 Å². The van der Waals surface area contributed by atoms with Gasteiger partial charge in [-0.25, -0.2) is 13.9 Å². The molecule has 7 nitrogen and oxygen atoms in total. The van der Waals surface area contributed by atoms with Crippen LogP contribution in [0.15, 0.2) is 35.6 Å². The molecule has 0 N–H and O–H groups in total. The molecule has 0 radical (unpaired) electrons. The molecule has 4 rings (SSSR count). The van der Waals surface area contributed by atoms with Gasteiger partial charge in [0.15, 0.2) is 5.52 Å². The van der Waals surface area contributed by atoms with Crippen LogP contribution in [0.4, 0.5) is 4.39 Å². The number of halogens is 3. The maximum atomic E-state index is 13.6. The van der Waals surface area contributed by atoms with E-state index in [1.165, 1.54) is 33.6 Å². The number of nitrogens with zero attached hydrogens (tertiary/aromatic N) is 5. The summed E-state index contributed by atoms with van der Waals surface area (Å²) in [7, 11) is 0. The van der Waals surface area contributed by atoms with E-state index in [-0.39, 0.29) is 31.1 Å². The van der Waals surface area contributed by atoms with Crippen molar-refractivity contribution in [2.45, 2.75) is 19.1 Å². The minimum Gasteiger partial charge on any atom is -0.335 e. The highest BCUT2D eigenvalue weighted by atomic mass is 35.5. The Morgan fingerprint density at radius 1 is 1.26 bits per heavy atom. The molecule has 1 aliphatic heterocycles. The molecule has 1 fully saturated rings. The molecular weight excluding hydrogens is 396 g/mol. The van der Waals surface area contributed by atoms with E-state index in [9.17, 15) is 14.0 Å². The van der Waals surface area contributed by atoms with Crippen molar-refractivity contribution in [3.8, 4) is 11.3 Å². The molecule has 0 unspecified atom stereocenters. The minimum atomic E-state index is -1.37. The Balaban J connectivity index is 1.70. The highest BCUT2D eigenvalue weighted by molar-refractivity contribution is 6.42. The third-order valence-electron chi connectivity index (χ3n) is 4.42. The van der Waals surface area contributed by atoms with Gasteiger partial charge in [0, 0.05) is 5.56 Å². The van der Waals surface area contributed by atoms with Crippen LogP contribution in [0.1, 0.15) is 6.92 Å². The third kappa shape index (κ3) is 3.19. The Kier molecular flexibility index (Phi) is 4.20. The molecule has 27 heavy (non-hydrogen) atoms. The zero-order valence-corrected chi connectivity index (χ0v) is 15.7. The number of alkyl halides is 1. The molecule has 10 heteroatoms. The Morgan fingerprint density at radius 2 is 2.00 bits per heavy atom. The summed E-state index contributed by atoms with van der Waals surface area (Å²) in [5.74, 6) is -0.339. The lowest BCUT2D eigenvalue weighted by atomic mass is 9.99. The molecule has 3 aromatic rings. The van der Waals surface area contributed by atoms with E-state index >= 15 is 0 Å². The standard InChI is InChI=1S/C17H14Cl2FN5O2/c1-17(20)6-24(7-17)13(26)5-23-9-22-25-8-21-14(15(25)16(23)27)10-2-3-11(18)12(19)4-10/h2-4,8-9H,5-7H2,1H3. The van der Waals surface area contributed by atoms with Crippen molar-refractivity contribution in [3.05, 3.63) is 51.3 Å². The smallest absolute Gasteiger partial charge is 0.280 e. The Bertz CT molecular complexity index is 1120. The Morgan fingerprint density at radius 3 is 2.67 bits per heavy atom. The van der Waals surface area contributed by atoms with Crippen molar-refractivity contribution in [1.29, 1.82) is 0 Å². The molecule has 1 saturated heterocycles. The van der Waals surface area contributed by atoms with E-state index in [4.69, 9.17) is 23.2 Å². The zero-order chi connectivity index (χ0) is 19.3. The highest BCUT2D eigenvalue weighted by Crippen LogP contribution is 2.29. The van der Waals surface area contributed by atoms with Crippen molar-refractivity contribution >= 4 is 34.6 Å². The van der Waals surface area contributed by atoms with Crippen LogP contribution in [0.3, 0.4) is 0 Å². The maximum absolute atomic E-state index is 13.6. The number of likely N-dealkylation sites (tertiary alicyclic amines) is 1. The van der Waals surface area contributed by atoms with E-state index in [0.29, 0.717) is 21.3 Å².